The second kappa shape index (κ2) is 4.22. The molecule has 6 heteroatoms. The standard InChI is InChI=1S/C13H19N5O/c1-7-6-18-8(2)10(14)16-9(11(18)15-7)12(19)17-13(3,4)5/h6H,14H2,1-5H3,(H,17,19). The first-order valence-corrected chi connectivity index (χ1v) is 6.13. The van der Waals surface area contributed by atoms with Crippen molar-refractivity contribution in [1.29, 1.82) is 0 Å². The number of imidazole rings is 1. The summed E-state index contributed by atoms with van der Waals surface area (Å²) in [6.07, 6.45) is 1.84. The Morgan fingerprint density at radius 1 is 1.32 bits per heavy atom. The van der Waals surface area contributed by atoms with E-state index in [9.17, 15) is 4.79 Å². The van der Waals surface area contributed by atoms with Crippen molar-refractivity contribution in [2.75, 3.05) is 5.73 Å². The molecule has 0 bridgehead atoms. The Hall–Kier alpha value is -2.11. The number of nitrogen functional groups attached to an aromatic ring is 1. The van der Waals surface area contributed by atoms with E-state index in [0.29, 0.717) is 11.5 Å². The zero-order chi connectivity index (χ0) is 14.4. The Morgan fingerprint density at radius 2 is 1.95 bits per heavy atom. The van der Waals surface area contributed by atoms with Gasteiger partial charge in [0.05, 0.1) is 11.4 Å². The van der Waals surface area contributed by atoms with E-state index in [1.54, 1.807) is 4.40 Å². The number of rotatable bonds is 1. The maximum absolute atomic E-state index is 12.3. The Morgan fingerprint density at radius 3 is 2.53 bits per heavy atom. The van der Waals surface area contributed by atoms with Gasteiger partial charge in [-0.05, 0) is 34.6 Å². The Bertz CT molecular complexity index is 651. The molecule has 0 saturated heterocycles. The summed E-state index contributed by atoms with van der Waals surface area (Å²) in [7, 11) is 0. The van der Waals surface area contributed by atoms with E-state index in [0.717, 1.165) is 11.4 Å². The van der Waals surface area contributed by atoms with Gasteiger partial charge in [-0.2, -0.15) is 0 Å². The maximum atomic E-state index is 12.3. The van der Waals surface area contributed by atoms with Crippen LogP contribution in [0, 0.1) is 13.8 Å². The third-order valence-corrected chi connectivity index (χ3v) is 2.71. The minimum Gasteiger partial charge on any atom is -0.382 e. The Kier molecular flexibility index (Phi) is 2.96. The van der Waals surface area contributed by atoms with Crippen molar-refractivity contribution < 1.29 is 4.79 Å². The van der Waals surface area contributed by atoms with Crippen LogP contribution in [-0.4, -0.2) is 25.8 Å². The highest BCUT2D eigenvalue weighted by molar-refractivity contribution is 5.98. The molecule has 19 heavy (non-hydrogen) atoms. The first-order chi connectivity index (χ1) is 8.69. The average Bonchev–Trinajstić information content (AvgIpc) is 2.63. The lowest BCUT2D eigenvalue weighted by molar-refractivity contribution is 0.0916. The maximum Gasteiger partial charge on any atom is 0.274 e. The fourth-order valence-electron chi connectivity index (χ4n) is 1.85. The normalized spacial score (nSPS) is 11.8. The predicted molar refractivity (Wildman–Crippen MR) is 74.1 cm³/mol. The number of amides is 1. The van der Waals surface area contributed by atoms with Crippen LogP contribution in [0.2, 0.25) is 0 Å². The lowest BCUT2D eigenvalue weighted by atomic mass is 10.1. The van der Waals surface area contributed by atoms with Gasteiger partial charge in [-0.3, -0.25) is 9.20 Å². The SMILES string of the molecule is Cc1cn2c(C)c(N)nc(C(=O)NC(C)(C)C)c2n1. The van der Waals surface area contributed by atoms with Gasteiger partial charge in [-0.15, -0.1) is 0 Å². The lowest BCUT2D eigenvalue weighted by Gasteiger charge is -2.20. The van der Waals surface area contributed by atoms with Crippen LogP contribution in [0.15, 0.2) is 6.20 Å². The van der Waals surface area contributed by atoms with E-state index in [1.807, 2.05) is 40.8 Å². The van der Waals surface area contributed by atoms with Gasteiger partial charge in [0.1, 0.15) is 5.82 Å². The van der Waals surface area contributed by atoms with Gasteiger partial charge in [0, 0.05) is 11.7 Å². The van der Waals surface area contributed by atoms with Gasteiger partial charge in [0.25, 0.3) is 5.91 Å². The number of anilines is 1. The molecule has 2 aromatic heterocycles. The van der Waals surface area contributed by atoms with Gasteiger partial charge >= 0.3 is 0 Å². The molecular weight excluding hydrogens is 242 g/mol. The summed E-state index contributed by atoms with van der Waals surface area (Å²) in [5.41, 5.74) is 7.91. The first kappa shape index (κ1) is 13.3. The quantitative estimate of drug-likeness (QED) is 0.813. The number of hydrogen-bond acceptors (Lipinski definition) is 4. The van der Waals surface area contributed by atoms with Crippen molar-refractivity contribution >= 4 is 17.4 Å². The van der Waals surface area contributed by atoms with E-state index in [4.69, 9.17) is 5.73 Å². The topological polar surface area (TPSA) is 85.3 Å². The van der Waals surface area contributed by atoms with Crippen molar-refractivity contribution in [2.24, 2.45) is 0 Å². The van der Waals surface area contributed by atoms with Gasteiger partial charge in [0.2, 0.25) is 0 Å². The summed E-state index contributed by atoms with van der Waals surface area (Å²) in [6, 6.07) is 0. The molecule has 0 spiro atoms. The molecule has 0 aromatic carbocycles. The number of fused-ring (bicyclic) bond motifs is 1. The molecule has 0 radical (unpaired) electrons. The molecule has 0 fully saturated rings. The van der Waals surface area contributed by atoms with Crippen molar-refractivity contribution in [1.82, 2.24) is 19.7 Å². The fourth-order valence-corrected chi connectivity index (χ4v) is 1.85. The molecule has 1 amide bonds. The molecule has 0 unspecified atom stereocenters. The van der Waals surface area contributed by atoms with E-state index in [-0.39, 0.29) is 17.1 Å². The second-order valence-corrected chi connectivity index (χ2v) is 5.71. The summed E-state index contributed by atoms with van der Waals surface area (Å²) in [6.45, 7) is 9.46. The predicted octanol–water partition coefficient (Wildman–Crippen LogP) is 1.46. The number of aryl methyl sites for hydroxylation is 2. The highest BCUT2D eigenvalue weighted by atomic mass is 16.2. The van der Waals surface area contributed by atoms with Gasteiger partial charge in [-0.1, -0.05) is 0 Å². The molecule has 3 N–H and O–H groups in total. The number of carbonyl (C=O) groups excluding carboxylic acids is 1. The van der Waals surface area contributed by atoms with Crippen LogP contribution >= 0.6 is 0 Å². The molecule has 0 aliphatic carbocycles. The average molecular weight is 261 g/mol. The van der Waals surface area contributed by atoms with Crippen molar-refractivity contribution in [3.63, 3.8) is 0 Å². The van der Waals surface area contributed by atoms with Crippen LogP contribution in [-0.2, 0) is 0 Å². The summed E-state index contributed by atoms with van der Waals surface area (Å²) < 4.78 is 1.80. The summed E-state index contributed by atoms with van der Waals surface area (Å²) in [5, 5.41) is 2.87. The van der Waals surface area contributed by atoms with Crippen molar-refractivity contribution in [3.8, 4) is 0 Å². The third kappa shape index (κ3) is 2.52. The lowest BCUT2D eigenvalue weighted by Crippen LogP contribution is -2.41. The largest absolute Gasteiger partial charge is 0.382 e. The van der Waals surface area contributed by atoms with Crippen LogP contribution in [0.4, 0.5) is 5.82 Å². The number of aromatic nitrogens is 3. The van der Waals surface area contributed by atoms with Crippen LogP contribution in [0.25, 0.3) is 5.65 Å². The second-order valence-electron chi connectivity index (χ2n) is 5.71. The van der Waals surface area contributed by atoms with Crippen LogP contribution in [0.5, 0.6) is 0 Å². The Labute approximate surface area is 112 Å². The molecule has 2 heterocycles. The van der Waals surface area contributed by atoms with Gasteiger partial charge < -0.3 is 11.1 Å². The number of nitrogens with two attached hydrogens (primary N) is 1. The molecule has 102 valence electrons. The first-order valence-electron chi connectivity index (χ1n) is 6.13. The minimum absolute atomic E-state index is 0.256. The molecule has 2 rings (SSSR count). The number of hydrogen-bond donors (Lipinski definition) is 2. The third-order valence-electron chi connectivity index (χ3n) is 2.71. The molecule has 0 aliphatic rings. The minimum atomic E-state index is -0.336. The van der Waals surface area contributed by atoms with E-state index >= 15 is 0 Å². The van der Waals surface area contributed by atoms with Gasteiger partial charge in [-0.25, -0.2) is 9.97 Å². The molecule has 2 aromatic rings. The van der Waals surface area contributed by atoms with Gasteiger partial charge in [0.15, 0.2) is 11.3 Å². The smallest absolute Gasteiger partial charge is 0.274 e. The monoisotopic (exact) mass is 261 g/mol. The zero-order valence-electron chi connectivity index (χ0n) is 11.9. The van der Waals surface area contributed by atoms with E-state index in [2.05, 4.69) is 15.3 Å². The zero-order valence-corrected chi connectivity index (χ0v) is 11.9. The van der Waals surface area contributed by atoms with Crippen LogP contribution in [0.3, 0.4) is 0 Å². The summed E-state index contributed by atoms with van der Waals surface area (Å²) in [5.74, 6) is 0.0683. The number of carbonyl (C=O) groups is 1. The van der Waals surface area contributed by atoms with Crippen LogP contribution in [0.1, 0.15) is 42.6 Å². The van der Waals surface area contributed by atoms with Crippen molar-refractivity contribution in [3.05, 3.63) is 23.3 Å². The summed E-state index contributed by atoms with van der Waals surface area (Å²) in [4.78, 5) is 20.8. The molecule has 0 saturated carbocycles. The van der Waals surface area contributed by atoms with Crippen molar-refractivity contribution in [2.45, 2.75) is 40.2 Å². The Balaban J connectivity index is 2.60. The molecule has 6 nitrogen and oxygen atoms in total. The van der Waals surface area contributed by atoms with E-state index in [1.165, 1.54) is 0 Å². The fraction of sp³-hybridized carbons (Fsp3) is 0.462. The number of nitrogens with zero attached hydrogens (tertiary/aromatic N) is 3. The number of nitrogens with one attached hydrogen (secondary N) is 1. The van der Waals surface area contributed by atoms with Crippen LogP contribution < -0.4 is 11.1 Å². The molecule has 0 atom stereocenters. The van der Waals surface area contributed by atoms with E-state index < -0.39 is 0 Å². The summed E-state index contributed by atoms with van der Waals surface area (Å²) >= 11 is 0. The highest BCUT2D eigenvalue weighted by Crippen LogP contribution is 2.17. The highest BCUT2D eigenvalue weighted by Gasteiger charge is 2.21. The molecule has 0 aliphatic heterocycles. The molecular formula is C13H19N5O.